The Morgan fingerprint density at radius 3 is 2.69 bits per heavy atom. The number of alkyl halides is 2. The summed E-state index contributed by atoms with van der Waals surface area (Å²) >= 11 is 2.58. The molecule has 0 saturated carbocycles. The minimum absolute atomic E-state index is 0.137. The van der Waals surface area contributed by atoms with Crippen molar-refractivity contribution in [2.45, 2.75) is 23.9 Å². The lowest BCUT2D eigenvalue weighted by atomic mass is 10.3. The minimum Gasteiger partial charge on any atom is -0.289 e. The third kappa shape index (κ3) is 2.71. The Labute approximate surface area is 155 Å². The highest BCUT2D eigenvalue weighted by Crippen LogP contribution is 2.36. The van der Waals surface area contributed by atoms with Gasteiger partial charge in [-0.25, -0.2) is 9.97 Å². The molecule has 26 heavy (non-hydrogen) atoms. The van der Waals surface area contributed by atoms with Crippen LogP contribution in [0.3, 0.4) is 0 Å². The first kappa shape index (κ1) is 17.2. The van der Waals surface area contributed by atoms with E-state index in [-0.39, 0.29) is 11.4 Å². The normalized spacial score (nSPS) is 13.1. The van der Waals surface area contributed by atoms with Crippen LogP contribution in [0.5, 0.6) is 0 Å². The zero-order valence-corrected chi connectivity index (χ0v) is 15.5. The summed E-state index contributed by atoms with van der Waals surface area (Å²) in [6, 6.07) is 8.59. The predicted molar refractivity (Wildman–Crippen MR) is 100 cm³/mol. The van der Waals surface area contributed by atoms with E-state index < -0.39 is 11.8 Å². The van der Waals surface area contributed by atoms with E-state index in [4.69, 9.17) is 0 Å². The Hall–Kier alpha value is -2.26. The van der Waals surface area contributed by atoms with Gasteiger partial charge in [-0.1, -0.05) is 23.9 Å². The van der Waals surface area contributed by atoms with Gasteiger partial charge in [-0.05, 0) is 30.5 Å². The number of fused-ring (bicyclic) bond motifs is 2. The van der Waals surface area contributed by atoms with Crippen LogP contribution < -0.4 is 5.56 Å². The topological polar surface area (TPSA) is 52.7 Å². The van der Waals surface area contributed by atoms with E-state index in [1.54, 1.807) is 44.3 Å². The Bertz CT molecular complexity index is 1160. The summed E-state index contributed by atoms with van der Waals surface area (Å²) in [5.41, 5.74) is 1.39. The molecule has 4 aromatic rings. The van der Waals surface area contributed by atoms with Crippen molar-refractivity contribution in [1.82, 2.24) is 19.1 Å². The van der Waals surface area contributed by atoms with Crippen LogP contribution >= 0.6 is 23.1 Å². The van der Waals surface area contributed by atoms with Crippen LogP contribution in [0.2, 0.25) is 0 Å². The molecule has 0 saturated heterocycles. The van der Waals surface area contributed by atoms with Crippen molar-refractivity contribution in [3.63, 3.8) is 0 Å². The summed E-state index contributed by atoms with van der Waals surface area (Å²) in [5.74, 6) is 0.255. The van der Waals surface area contributed by atoms with Gasteiger partial charge in [0.15, 0.2) is 5.16 Å². The molecule has 0 N–H and O–H groups in total. The highest BCUT2D eigenvalue weighted by Gasteiger charge is 2.24. The number of imidazole rings is 1. The number of hydrogen-bond donors (Lipinski definition) is 0. The molecule has 1 atom stereocenters. The second-order valence-electron chi connectivity index (χ2n) is 5.76. The molecular weight excluding hydrogens is 378 g/mol. The minimum atomic E-state index is -2.70. The molecule has 0 fully saturated rings. The van der Waals surface area contributed by atoms with Crippen LogP contribution in [0.25, 0.3) is 21.3 Å². The lowest BCUT2D eigenvalue weighted by Crippen LogP contribution is -2.19. The first-order valence-corrected chi connectivity index (χ1v) is 9.59. The largest absolute Gasteiger partial charge is 0.320 e. The maximum Gasteiger partial charge on any atom is 0.320 e. The fourth-order valence-electron chi connectivity index (χ4n) is 2.84. The van der Waals surface area contributed by atoms with Crippen LogP contribution in [0.4, 0.5) is 8.78 Å². The molecule has 0 aliphatic rings. The highest BCUT2D eigenvalue weighted by molar-refractivity contribution is 7.99. The average molecular weight is 392 g/mol. The Morgan fingerprint density at radius 1 is 1.15 bits per heavy atom. The molecule has 3 aromatic heterocycles. The summed E-state index contributed by atoms with van der Waals surface area (Å²) in [6.07, 6.45) is 0. The van der Waals surface area contributed by atoms with Gasteiger partial charge in [-0.2, -0.15) is 8.78 Å². The SMILES string of the molecule is CC(Sc1nc2ccsc2c(=O)n1C)c1nc2ccccc2n1C(F)F. The van der Waals surface area contributed by atoms with E-state index in [0.717, 1.165) is 4.57 Å². The van der Waals surface area contributed by atoms with Crippen LogP contribution in [-0.4, -0.2) is 19.1 Å². The van der Waals surface area contributed by atoms with Crippen LogP contribution in [0, 0.1) is 0 Å². The van der Waals surface area contributed by atoms with E-state index in [1.807, 2.05) is 5.38 Å². The monoisotopic (exact) mass is 392 g/mol. The highest BCUT2D eigenvalue weighted by atomic mass is 32.2. The van der Waals surface area contributed by atoms with Gasteiger partial charge in [0.1, 0.15) is 10.5 Å². The van der Waals surface area contributed by atoms with E-state index in [1.165, 1.54) is 27.7 Å². The summed E-state index contributed by atoms with van der Waals surface area (Å²) in [5, 5.41) is 1.87. The third-order valence-corrected chi connectivity index (χ3v) is 6.14. The first-order chi connectivity index (χ1) is 12.5. The number of para-hydroxylation sites is 2. The maximum absolute atomic E-state index is 13.6. The fourth-order valence-corrected chi connectivity index (χ4v) is 4.62. The standard InChI is InChI=1S/C17H14F2N4OS2/c1-9(14-20-10-5-3-4-6-12(10)23(14)16(18)19)26-17-21-11-7-8-25-13(11)15(24)22(17)2/h3-9,16H,1-2H3. The van der Waals surface area contributed by atoms with Crippen molar-refractivity contribution in [3.05, 3.63) is 51.9 Å². The van der Waals surface area contributed by atoms with Gasteiger partial charge in [0.05, 0.1) is 21.8 Å². The van der Waals surface area contributed by atoms with Gasteiger partial charge < -0.3 is 0 Å². The number of thioether (sulfide) groups is 1. The van der Waals surface area contributed by atoms with Crippen LogP contribution in [-0.2, 0) is 7.05 Å². The van der Waals surface area contributed by atoms with Crippen molar-refractivity contribution < 1.29 is 8.78 Å². The summed E-state index contributed by atoms with van der Waals surface area (Å²) < 4.78 is 30.3. The number of aromatic nitrogens is 4. The van der Waals surface area contributed by atoms with Crippen molar-refractivity contribution >= 4 is 44.3 Å². The fraction of sp³-hybridized carbons (Fsp3) is 0.235. The molecule has 1 aromatic carbocycles. The zero-order valence-electron chi connectivity index (χ0n) is 13.9. The summed E-state index contributed by atoms with van der Waals surface area (Å²) in [7, 11) is 1.64. The number of thiophene rings is 1. The molecule has 3 heterocycles. The van der Waals surface area contributed by atoms with Gasteiger partial charge in [-0.15, -0.1) is 11.3 Å². The second kappa shape index (κ2) is 6.48. The van der Waals surface area contributed by atoms with Gasteiger partial charge >= 0.3 is 6.55 Å². The van der Waals surface area contributed by atoms with E-state index in [9.17, 15) is 13.6 Å². The number of benzene rings is 1. The maximum atomic E-state index is 13.6. The Balaban J connectivity index is 1.79. The molecule has 0 radical (unpaired) electrons. The van der Waals surface area contributed by atoms with E-state index in [2.05, 4.69) is 9.97 Å². The molecule has 4 rings (SSSR count). The van der Waals surface area contributed by atoms with Gasteiger partial charge in [0, 0.05) is 7.05 Å². The molecule has 9 heteroatoms. The van der Waals surface area contributed by atoms with Crippen LogP contribution in [0.1, 0.15) is 24.5 Å². The quantitative estimate of drug-likeness (QED) is 0.376. The van der Waals surface area contributed by atoms with Crippen molar-refractivity contribution in [1.29, 1.82) is 0 Å². The first-order valence-electron chi connectivity index (χ1n) is 7.83. The number of halogens is 2. The predicted octanol–water partition coefficient (Wildman–Crippen LogP) is 4.59. The summed E-state index contributed by atoms with van der Waals surface area (Å²) in [6.45, 7) is -0.911. The smallest absolute Gasteiger partial charge is 0.289 e. The second-order valence-corrected chi connectivity index (χ2v) is 7.98. The number of rotatable bonds is 4. The number of nitrogens with zero attached hydrogens (tertiary/aromatic N) is 4. The molecule has 0 aliphatic carbocycles. The lowest BCUT2D eigenvalue weighted by Gasteiger charge is -2.15. The molecule has 5 nitrogen and oxygen atoms in total. The Morgan fingerprint density at radius 2 is 1.92 bits per heavy atom. The lowest BCUT2D eigenvalue weighted by molar-refractivity contribution is 0.0715. The van der Waals surface area contributed by atoms with E-state index >= 15 is 0 Å². The van der Waals surface area contributed by atoms with Gasteiger partial charge in [-0.3, -0.25) is 13.9 Å². The molecule has 134 valence electrons. The van der Waals surface area contributed by atoms with Crippen LogP contribution in [0.15, 0.2) is 45.7 Å². The number of hydrogen-bond acceptors (Lipinski definition) is 5. The average Bonchev–Trinajstić information content (AvgIpc) is 3.23. The molecule has 0 spiro atoms. The van der Waals surface area contributed by atoms with Gasteiger partial charge in [0.2, 0.25) is 0 Å². The summed E-state index contributed by atoms with van der Waals surface area (Å²) in [4.78, 5) is 21.3. The van der Waals surface area contributed by atoms with Gasteiger partial charge in [0.25, 0.3) is 5.56 Å². The molecule has 1 unspecified atom stereocenters. The molecule has 0 aliphatic heterocycles. The molecule has 0 bridgehead atoms. The van der Waals surface area contributed by atoms with Crippen molar-refractivity contribution in [2.24, 2.45) is 7.05 Å². The molecular formula is C17H14F2N4OS2. The Kier molecular flexibility index (Phi) is 4.28. The third-order valence-electron chi connectivity index (χ3n) is 4.11. The molecule has 0 amide bonds. The van der Waals surface area contributed by atoms with Crippen molar-refractivity contribution in [3.8, 4) is 0 Å². The van der Waals surface area contributed by atoms with Crippen molar-refractivity contribution in [2.75, 3.05) is 0 Å². The zero-order chi connectivity index (χ0) is 18.4. The van der Waals surface area contributed by atoms with E-state index in [0.29, 0.717) is 26.4 Å².